The first-order valence-corrected chi connectivity index (χ1v) is 19.7. The van der Waals surface area contributed by atoms with Crippen LogP contribution in [0, 0.1) is 0 Å². The lowest BCUT2D eigenvalue weighted by atomic mass is 10.1. The fraction of sp³-hybridized carbons (Fsp3) is 0.370. The Hall–Kier alpha value is -7.13. The second kappa shape index (κ2) is 32.5. The van der Waals surface area contributed by atoms with Crippen LogP contribution in [-0.2, 0) is 23.9 Å². The van der Waals surface area contributed by atoms with Crippen molar-refractivity contribution in [3.8, 4) is 34.5 Å². The van der Waals surface area contributed by atoms with E-state index in [1.54, 1.807) is 31.2 Å². The monoisotopic (exact) mass is 926 g/mol. The number of hydrazone groups is 1. The molecule has 0 saturated heterocycles. The zero-order valence-electron chi connectivity index (χ0n) is 40.2. The number of hydrazine groups is 1. The average molecular weight is 927 g/mol. The molecule has 20 heteroatoms. The molecule has 0 spiro atoms. The molecule has 4 aromatic rings. The van der Waals surface area contributed by atoms with Crippen LogP contribution in [0.4, 0.5) is 11.4 Å². The number of aliphatic carboxylic acids is 1. The molecule has 0 bridgehead atoms. The number of ether oxygens (including phenoxy) is 8. The van der Waals surface area contributed by atoms with Gasteiger partial charge in [-0.15, -0.1) is 0 Å². The molecule has 0 aromatic heterocycles. The Balaban J connectivity index is 0.000000962. The topological polar surface area (TPSA) is 251 Å². The first-order valence-electron chi connectivity index (χ1n) is 19.7. The molecule has 2 atom stereocenters. The van der Waals surface area contributed by atoms with Crippen molar-refractivity contribution in [2.24, 2.45) is 10.9 Å². The minimum absolute atomic E-state index is 0.250. The van der Waals surface area contributed by atoms with Gasteiger partial charge in [-0.1, -0.05) is 24.3 Å². The maximum absolute atomic E-state index is 12.5. The van der Waals surface area contributed by atoms with Crippen molar-refractivity contribution in [2.75, 3.05) is 101 Å². The Morgan fingerprint density at radius 2 is 0.955 bits per heavy atom. The minimum Gasteiger partial charge on any atom is -0.493 e. The van der Waals surface area contributed by atoms with Gasteiger partial charge in [0.15, 0.2) is 35.2 Å². The Morgan fingerprint density at radius 1 is 0.636 bits per heavy atom. The number of rotatable bonds is 17. The second-order valence-corrected chi connectivity index (χ2v) is 13.3. The highest BCUT2D eigenvalue weighted by atomic mass is 16.5. The number of nitrogens with two attached hydrogens (primary N) is 1. The smallest absolute Gasteiger partial charge is 0.300 e. The zero-order chi connectivity index (χ0) is 50.4. The van der Waals surface area contributed by atoms with E-state index in [9.17, 15) is 14.4 Å². The number of nitrogens with zero attached hydrogens (tertiary/aromatic N) is 3. The first-order chi connectivity index (χ1) is 31.4. The molecule has 0 radical (unpaired) electrons. The molecule has 2 unspecified atom stereocenters. The third-order valence-electron chi connectivity index (χ3n) is 8.41. The van der Waals surface area contributed by atoms with Crippen molar-refractivity contribution in [3.05, 3.63) is 95.1 Å². The van der Waals surface area contributed by atoms with E-state index >= 15 is 0 Å². The number of anilines is 2. The van der Waals surface area contributed by atoms with Crippen LogP contribution in [0.2, 0.25) is 0 Å². The standard InChI is InChI=1S/C21H27N3O5.C11H17N3O2.C10H12O4.C2H4O2.C2H6O/c1-24(2)16-9-7-15(8-10-16)19(28-5)21(25)23-22-13-14-11-17(26-3)20(29-6)18(12-14)27-4;1-14(2)9-6-4-8(5-7-9)10(16-3)11(15)13-12;1-12-8-4-7(6-11)5-9(13-2)10(8)14-3;1-2(3)4;1-2-3/h7-13,19H,1-6H3,(H,23,25);4-7,10H,12H2,1-3H3,(H,13,15);4-6H,1-3H3;1H3,(H,3,4);3H,2H2,1H3/b22-13+;;;;. The summed E-state index contributed by atoms with van der Waals surface area (Å²) in [6.07, 6.45) is 0.777. The van der Waals surface area contributed by atoms with E-state index in [0.717, 1.165) is 35.7 Å². The number of amides is 2. The number of carbonyl (C=O) groups excluding carboxylic acids is 3. The molecule has 4 aromatic carbocycles. The zero-order valence-corrected chi connectivity index (χ0v) is 40.2. The molecule has 6 N–H and O–H groups in total. The molecule has 2 amide bonds. The number of aliphatic hydroxyl groups excluding tert-OH is 1. The van der Waals surface area contributed by atoms with Crippen LogP contribution in [0.3, 0.4) is 0 Å². The minimum atomic E-state index is -0.833. The van der Waals surface area contributed by atoms with Crippen LogP contribution in [0.25, 0.3) is 0 Å². The van der Waals surface area contributed by atoms with E-state index < -0.39 is 18.2 Å². The van der Waals surface area contributed by atoms with Crippen LogP contribution in [0.1, 0.15) is 53.1 Å². The molecular formula is C46H66N6O14. The highest BCUT2D eigenvalue weighted by Gasteiger charge is 2.21. The number of hydrogen-bond donors (Lipinski definition) is 5. The van der Waals surface area contributed by atoms with E-state index in [1.807, 2.05) is 86.5 Å². The molecule has 0 fully saturated rings. The summed E-state index contributed by atoms with van der Waals surface area (Å²) in [7, 11) is 19.9. The van der Waals surface area contributed by atoms with Gasteiger partial charge in [-0.3, -0.25) is 24.6 Å². The van der Waals surface area contributed by atoms with Gasteiger partial charge in [-0.2, -0.15) is 5.10 Å². The summed E-state index contributed by atoms with van der Waals surface area (Å²) in [5, 5.41) is 19.0. The molecule has 0 aliphatic heterocycles. The average Bonchev–Trinajstić information content (AvgIpc) is 3.31. The number of aliphatic hydroxyl groups is 1. The number of carbonyl (C=O) groups is 4. The third-order valence-corrected chi connectivity index (χ3v) is 8.41. The predicted octanol–water partition coefficient (Wildman–Crippen LogP) is 4.66. The lowest BCUT2D eigenvalue weighted by molar-refractivity contribution is -0.134. The maximum Gasteiger partial charge on any atom is 0.300 e. The number of aldehydes is 1. The van der Waals surface area contributed by atoms with Gasteiger partial charge in [-0.25, -0.2) is 11.3 Å². The van der Waals surface area contributed by atoms with Crippen LogP contribution < -0.4 is 54.9 Å². The lowest BCUT2D eigenvalue weighted by Gasteiger charge is -2.16. The van der Waals surface area contributed by atoms with E-state index in [1.165, 1.54) is 63.1 Å². The fourth-order valence-corrected chi connectivity index (χ4v) is 5.33. The van der Waals surface area contributed by atoms with E-state index in [2.05, 4.69) is 16.0 Å². The van der Waals surface area contributed by atoms with Crippen LogP contribution in [0.15, 0.2) is 77.9 Å². The highest BCUT2D eigenvalue weighted by molar-refractivity contribution is 5.86. The van der Waals surface area contributed by atoms with Crippen molar-refractivity contribution in [3.63, 3.8) is 0 Å². The third kappa shape index (κ3) is 19.7. The van der Waals surface area contributed by atoms with Gasteiger partial charge in [0.05, 0.1) is 48.9 Å². The van der Waals surface area contributed by atoms with Crippen LogP contribution in [0.5, 0.6) is 34.5 Å². The van der Waals surface area contributed by atoms with Crippen molar-refractivity contribution in [1.29, 1.82) is 0 Å². The van der Waals surface area contributed by atoms with Crippen molar-refractivity contribution < 1.29 is 67.3 Å². The molecule has 4 rings (SSSR count). The molecule has 20 nitrogen and oxygen atoms in total. The number of hydrogen-bond acceptors (Lipinski definition) is 17. The largest absolute Gasteiger partial charge is 0.493 e. The van der Waals surface area contributed by atoms with Crippen molar-refractivity contribution in [1.82, 2.24) is 10.9 Å². The number of carboxylic acid groups (broad SMARTS) is 1. The quantitative estimate of drug-likeness (QED) is 0.0317. The summed E-state index contributed by atoms with van der Waals surface area (Å²) in [6.45, 7) is 3.01. The number of carboxylic acids is 1. The maximum atomic E-state index is 12.5. The number of benzene rings is 4. The fourth-order valence-electron chi connectivity index (χ4n) is 5.33. The molecule has 0 aliphatic rings. The van der Waals surface area contributed by atoms with Crippen molar-refractivity contribution >= 4 is 41.7 Å². The molecule has 0 aliphatic carbocycles. The van der Waals surface area contributed by atoms with Gasteiger partial charge in [0.2, 0.25) is 11.5 Å². The van der Waals surface area contributed by atoms with Gasteiger partial charge >= 0.3 is 0 Å². The summed E-state index contributed by atoms with van der Waals surface area (Å²) in [5.41, 5.74) is 9.34. The van der Waals surface area contributed by atoms with Gasteiger partial charge in [0.1, 0.15) is 6.29 Å². The van der Waals surface area contributed by atoms with Crippen LogP contribution >= 0.6 is 0 Å². The normalized spacial score (nSPS) is 10.7. The molecule has 66 heavy (non-hydrogen) atoms. The number of methoxy groups -OCH3 is 8. The number of nitrogens with one attached hydrogen (secondary N) is 2. The summed E-state index contributed by atoms with van der Waals surface area (Å²) >= 11 is 0. The molecule has 364 valence electrons. The summed E-state index contributed by atoms with van der Waals surface area (Å²) in [5.74, 6) is 6.42. The summed E-state index contributed by atoms with van der Waals surface area (Å²) in [6, 6.07) is 21.7. The summed E-state index contributed by atoms with van der Waals surface area (Å²) < 4.78 is 41.5. The Labute approximate surface area is 387 Å². The highest BCUT2D eigenvalue weighted by Crippen LogP contribution is 2.38. The van der Waals surface area contributed by atoms with Gasteiger partial charge in [-0.05, 0) is 66.6 Å². The Bertz CT molecular complexity index is 2030. The molecule has 0 saturated carbocycles. The Morgan fingerprint density at radius 3 is 1.21 bits per heavy atom. The second-order valence-electron chi connectivity index (χ2n) is 13.3. The Kier molecular flexibility index (Phi) is 29.0. The van der Waals surface area contributed by atoms with Crippen LogP contribution in [-0.4, -0.2) is 132 Å². The lowest BCUT2D eigenvalue weighted by Crippen LogP contribution is -2.35. The van der Waals surface area contributed by atoms with E-state index in [-0.39, 0.29) is 18.4 Å². The van der Waals surface area contributed by atoms with Gasteiger partial charge in [0, 0.05) is 78.4 Å². The predicted molar refractivity (Wildman–Crippen MR) is 253 cm³/mol. The van der Waals surface area contributed by atoms with Gasteiger partial charge in [0.25, 0.3) is 17.8 Å². The van der Waals surface area contributed by atoms with Crippen molar-refractivity contribution in [2.45, 2.75) is 26.1 Å². The summed E-state index contributed by atoms with van der Waals surface area (Å²) in [4.78, 5) is 47.4. The SMILES string of the molecule is CC(=O)O.CCO.COC(C(=O)NN)c1ccc(N(C)C)cc1.COc1cc(/C=N/NC(=O)C(OC)c2ccc(N(C)C)cc2)cc(OC)c1OC.COc1cc(C=O)cc(OC)c1OC. The molecule has 0 heterocycles. The molecular weight excluding hydrogens is 861 g/mol. The van der Waals surface area contributed by atoms with Gasteiger partial charge < -0.3 is 57.9 Å². The van der Waals surface area contributed by atoms with E-state index in [4.69, 9.17) is 58.7 Å². The van der Waals surface area contributed by atoms with E-state index in [0.29, 0.717) is 45.6 Å². The first kappa shape index (κ1) is 58.9.